The lowest BCUT2D eigenvalue weighted by atomic mass is 10.1. The van der Waals surface area contributed by atoms with Crippen molar-refractivity contribution in [2.24, 2.45) is 0 Å². The summed E-state index contributed by atoms with van der Waals surface area (Å²) in [5, 5.41) is 2.86. The number of ether oxygens (including phenoxy) is 3. The zero-order valence-electron chi connectivity index (χ0n) is 15.2. The van der Waals surface area contributed by atoms with Gasteiger partial charge >= 0.3 is 12.0 Å². The Balaban J connectivity index is 1.46. The van der Waals surface area contributed by atoms with Gasteiger partial charge in [-0.15, -0.1) is 0 Å². The smallest absolute Gasteiger partial charge is 0.338 e. The van der Waals surface area contributed by atoms with E-state index in [1.807, 2.05) is 25.1 Å². The van der Waals surface area contributed by atoms with E-state index in [0.29, 0.717) is 30.2 Å². The number of carbonyl (C=O) groups is 2. The van der Waals surface area contributed by atoms with Crippen molar-refractivity contribution in [1.29, 1.82) is 0 Å². The van der Waals surface area contributed by atoms with Gasteiger partial charge in [0.1, 0.15) is 19.8 Å². The summed E-state index contributed by atoms with van der Waals surface area (Å²) >= 11 is 0. The summed E-state index contributed by atoms with van der Waals surface area (Å²) in [6, 6.07) is 10.4. The van der Waals surface area contributed by atoms with Crippen LogP contribution in [0.15, 0.2) is 36.4 Å². The van der Waals surface area contributed by atoms with Crippen molar-refractivity contribution >= 4 is 17.7 Å². The molecule has 0 unspecified atom stereocenters. The fourth-order valence-corrected chi connectivity index (χ4v) is 3.14. The topological polar surface area (TPSA) is 77.1 Å². The van der Waals surface area contributed by atoms with E-state index < -0.39 is 0 Å². The molecule has 2 heterocycles. The monoisotopic (exact) mass is 368 g/mol. The van der Waals surface area contributed by atoms with E-state index in [2.05, 4.69) is 5.32 Å². The molecule has 2 amide bonds. The molecule has 7 nitrogen and oxygen atoms in total. The van der Waals surface area contributed by atoms with Crippen LogP contribution < -0.4 is 14.8 Å². The molecule has 2 aliphatic rings. The van der Waals surface area contributed by atoms with Gasteiger partial charge in [-0.2, -0.15) is 0 Å². The Labute approximate surface area is 156 Å². The number of rotatable bonds is 3. The number of hydrogen-bond donors (Lipinski definition) is 1. The Hall–Kier alpha value is -3.22. The maximum atomic E-state index is 12.6. The average molecular weight is 368 g/mol. The molecule has 1 atom stereocenters. The summed E-state index contributed by atoms with van der Waals surface area (Å²) in [7, 11) is 1.73. The highest BCUT2D eigenvalue weighted by Gasteiger charge is 2.23. The van der Waals surface area contributed by atoms with Crippen molar-refractivity contribution in [2.75, 3.05) is 25.6 Å². The molecular formula is C20H20N2O5. The molecule has 27 heavy (non-hydrogen) atoms. The molecule has 0 saturated heterocycles. The zero-order valence-corrected chi connectivity index (χ0v) is 15.2. The van der Waals surface area contributed by atoms with Gasteiger partial charge in [0.2, 0.25) is 0 Å². The quantitative estimate of drug-likeness (QED) is 0.841. The van der Waals surface area contributed by atoms with Gasteiger partial charge < -0.3 is 24.4 Å². The number of nitrogens with one attached hydrogen (secondary N) is 1. The number of anilines is 1. The number of carbonyl (C=O) groups excluding carboxylic acids is 2. The molecule has 2 aliphatic heterocycles. The minimum atomic E-state index is -0.327. The van der Waals surface area contributed by atoms with Crippen LogP contribution in [0.2, 0.25) is 0 Å². The lowest BCUT2D eigenvalue weighted by molar-refractivity contribution is 0.0535. The van der Waals surface area contributed by atoms with Crippen molar-refractivity contribution in [3.05, 3.63) is 53.1 Å². The van der Waals surface area contributed by atoms with Crippen LogP contribution in [0.5, 0.6) is 11.5 Å². The predicted octanol–water partition coefficient (Wildman–Crippen LogP) is 3.35. The first-order chi connectivity index (χ1) is 13.0. The number of amides is 2. The highest BCUT2D eigenvalue weighted by atomic mass is 16.6. The lowest BCUT2D eigenvalue weighted by Gasteiger charge is -2.27. The Morgan fingerprint density at radius 2 is 1.85 bits per heavy atom. The Bertz CT molecular complexity index is 911. The van der Waals surface area contributed by atoms with Crippen LogP contribution in [0, 0.1) is 0 Å². The standard InChI is InChI=1S/C20H20N2O5/c1-12(13-3-6-17-18(10-13)26-8-7-25-17)22(2)20(24)21-15-4-5-16-14(9-15)11-27-19(16)23/h3-6,9-10,12H,7-8,11H2,1-2H3,(H,21,24)/t12-/m1/s1. The Morgan fingerprint density at radius 1 is 1.07 bits per heavy atom. The first kappa shape index (κ1) is 17.2. The van der Waals surface area contributed by atoms with Crippen molar-refractivity contribution in [2.45, 2.75) is 19.6 Å². The first-order valence-electron chi connectivity index (χ1n) is 8.76. The van der Waals surface area contributed by atoms with Crippen molar-refractivity contribution in [3.8, 4) is 11.5 Å². The van der Waals surface area contributed by atoms with Crippen LogP contribution >= 0.6 is 0 Å². The second-order valence-corrected chi connectivity index (χ2v) is 6.57. The van der Waals surface area contributed by atoms with E-state index in [4.69, 9.17) is 14.2 Å². The second-order valence-electron chi connectivity index (χ2n) is 6.57. The highest BCUT2D eigenvalue weighted by molar-refractivity contribution is 5.95. The molecule has 0 aromatic heterocycles. The number of hydrogen-bond acceptors (Lipinski definition) is 5. The van der Waals surface area contributed by atoms with Crippen LogP contribution in [0.4, 0.5) is 10.5 Å². The van der Waals surface area contributed by atoms with E-state index in [9.17, 15) is 9.59 Å². The number of benzene rings is 2. The number of urea groups is 1. The van der Waals surface area contributed by atoms with Crippen molar-refractivity contribution in [3.63, 3.8) is 0 Å². The van der Waals surface area contributed by atoms with Crippen LogP contribution in [-0.4, -0.2) is 37.2 Å². The van der Waals surface area contributed by atoms with E-state index >= 15 is 0 Å². The third-order valence-corrected chi connectivity index (χ3v) is 4.89. The van der Waals surface area contributed by atoms with Crippen molar-refractivity contribution < 1.29 is 23.8 Å². The molecule has 4 rings (SSSR count). The molecule has 0 radical (unpaired) electrons. The van der Waals surface area contributed by atoms with Crippen LogP contribution in [0.3, 0.4) is 0 Å². The third-order valence-electron chi connectivity index (χ3n) is 4.89. The molecule has 2 aromatic rings. The maximum Gasteiger partial charge on any atom is 0.338 e. The second kappa shape index (κ2) is 6.83. The van der Waals surface area contributed by atoms with Gasteiger partial charge in [-0.1, -0.05) is 6.07 Å². The summed E-state index contributed by atoms with van der Waals surface area (Å²) in [5.74, 6) is 1.09. The molecule has 1 N–H and O–H groups in total. The molecule has 140 valence electrons. The van der Waals surface area contributed by atoms with Crippen LogP contribution in [0.1, 0.15) is 34.5 Å². The SMILES string of the molecule is C[C@H](c1ccc2c(c1)OCCO2)N(C)C(=O)Nc1ccc2c(c1)COC2=O. The molecule has 0 bridgehead atoms. The summed E-state index contributed by atoms with van der Waals surface area (Å²) in [6.07, 6.45) is 0. The number of nitrogens with zero attached hydrogens (tertiary/aromatic N) is 1. The number of fused-ring (bicyclic) bond motifs is 2. The molecule has 0 fully saturated rings. The van der Waals surface area contributed by atoms with Crippen molar-refractivity contribution in [1.82, 2.24) is 4.90 Å². The van der Waals surface area contributed by atoms with Gasteiger partial charge in [0.05, 0.1) is 11.6 Å². The maximum absolute atomic E-state index is 12.6. The lowest BCUT2D eigenvalue weighted by Crippen LogP contribution is -2.33. The molecular weight excluding hydrogens is 348 g/mol. The van der Waals surface area contributed by atoms with Gasteiger partial charge in [-0.05, 0) is 42.8 Å². The summed E-state index contributed by atoms with van der Waals surface area (Å²) < 4.78 is 16.1. The fourth-order valence-electron chi connectivity index (χ4n) is 3.14. The Morgan fingerprint density at radius 3 is 2.67 bits per heavy atom. The normalized spacial score (nSPS) is 15.6. The number of cyclic esters (lactones) is 1. The van der Waals surface area contributed by atoms with Gasteiger partial charge in [-0.25, -0.2) is 9.59 Å². The first-order valence-corrected chi connectivity index (χ1v) is 8.76. The highest BCUT2D eigenvalue weighted by Crippen LogP contribution is 2.34. The van der Waals surface area contributed by atoms with E-state index in [-0.39, 0.29) is 24.6 Å². The minimum Gasteiger partial charge on any atom is -0.486 e. The van der Waals surface area contributed by atoms with Gasteiger partial charge in [0, 0.05) is 18.3 Å². The summed E-state index contributed by atoms with van der Waals surface area (Å²) in [4.78, 5) is 25.8. The largest absolute Gasteiger partial charge is 0.486 e. The average Bonchev–Trinajstić information content (AvgIpc) is 3.06. The van der Waals surface area contributed by atoms with Crippen LogP contribution in [-0.2, 0) is 11.3 Å². The zero-order chi connectivity index (χ0) is 19.0. The summed E-state index contributed by atoms with van der Waals surface area (Å²) in [6.45, 7) is 3.24. The summed E-state index contributed by atoms with van der Waals surface area (Å²) in [5.41, 5.74) is 2.90. The van der Waals surface area contributed by atoms with Gasteiger partial charge in [0.25, 0.3) is 0 Å². The number of esters is 1. The van der Waals surface area contributed by atoms with Crippen LogP contribution in [0.25, 0.3) is 0 Å². The fraction of sp³-hybridized carbons (Fsp3) is 0.300. The Kier molecular flexibility index (Phi) is 4.35. The molecule has 2 aromatic carbocycles. The van der Waals surface area contributed by atoms with E-state index in [0.717, 1.165) is 16.9 Å². The minimum absolute atomic E-state index is 0.167. The van der Waals surface area contributed by atoms with Gasteiger partial charge in [-0.3, -0.25) is 0 Å². The predicted molar refractivity (Wildman–Crippen MR) is 98.2 cm³/mol. The molecule has 0 spiro atoms. The molecule has 7 heteroatoms. The third kappa shape index (κ3) is 3.28. The molecule has 0 aliphatic carbocycles. The van der Waals surface area contributed by atoms with Gasteiger partial charge in [0.15, 0.2) is 11.5 Å². The van der Waals surface area contributed by atoms with E-state index in [1.54, 1.807) is 30.1 Å². The molecule has 0 saturated carbocycles. The van der Waals surface area contributed by atoms with E-state index in [1.165, 1.54) is 0 Å².